The molecule has 0 saturated heterocycles. The van der Waals surface area contributed by atoms with Crippen LogP contribution in [0.5, 0.6) is 0 Å². The Labute approximate surface area is 129 Å². The molecule has 0 spiro atoms. The molecule has 0 aliphatic carbocycles. The van der Waals surface area contributed by atoms with Crippen molar-refractivity contribution in [1.29, 1.82) is 0 Å². The Balaban J connectivity index is 2.31. The number of methoxy groups -OCH3 is 1. The lowest BCUT2D eigenvalue weighted by Gasteiger charge is -2.14. The van der Waals surface area contributed by atoms with Crippen molar-refractivity contribution in [2.24, 2.45) is 0 Å². The molecule has 1 heterocycles. The fraction of sp³-hybridized carbons (Fsp3) is 0.235. The van der Waals surface area contributed by atoms with Gasteiger partial charge >= 0.3 is 0 Å². The Kier molecular flexibility index (Phi) is 3.95. The van der Waals surface area contributed by atoms with Crippen LogP contribution in [-0.4, -0.2) is 16.7 Å². The summed E-state index contributed by atoms with van der Waals surface area (Å²) in [6.07, 6.45) is 0. The van der Waals surface area contributed by atoms with Gasteiger partial charge in [-0.05, 0) is 25.1 Å². The predicted molar refractivity (Wildman–Crippen MR) is 86.1 cm³/mol. The van der Waals surface area contributed by atoms with Gasteiger partial charge < -0.3 is 4.74 Å². The van der Waals surface area contributed by atoms with E-state index >= 15 is 0 Å². The fourth-order valence-corrected chi connectivity index (χ4v) is 2.72. The fourth-order valence-electron chi connectivity index (χ4n) is 2.57. The van der Waals surface area contributed by atoms with E-state index in [-0.39, 0.29) is 5.38 Å². The molecule has 1 unspecified atom stereocenters. The molecule has 3 nitrogen and oxygen atoms in total. The van der Waals surface area contributed by atoms with Crippen molar-refractivity contribution in [3.05, 3.63) is 59.9 Å². The monoisotopic (exact) mass is 300 g/mol. The molecule has 108 valence electrons. The lowest BCUT2D eigenvalue weighted by atomic mass is 10.1. The molecule has 2 aromatic carbocycles. The lowest BCUT2D eigenvalue weighted by molar-refractivity contribution is 0.185. The SMILES string of the molecule is COCc1ccccc1-n1c(C(C)Cl)nc2ccccc21. The highest BCUT2D eigenvalue weighted by Crippen LogP contribution is 2.29. The molecule has 0 aliphatic heterocycles. The highest BCUT2D eigenvalue weighted by molar-refractivity contribution is 6.20. The number of alkyl halides is 1. The van der Waals surface area contributed by atoms with Crippen LogP contribution in [-0.2, 0) is 11.3 Å². The van der Waals surface area contributed by atoms with Crippen molar-refractivity contribution in [2.75, 3.05) is 7.11 Å². The summed E-state index contributed by atoms with van der Waals surface area (Å²) in [4.78, 5) is 4.68. The third-order valence-corrected chi connectivity index (χ3v) is 3.67. The predicted octanol–water partition coefficient (Wildman–Crippen LogP) is 4.47. The van der Waals surface area contributed by atoms with Gasteiger partial charge in [-0.2, -0.15) is 0 Å². The molecule has 0 amide bonds. The van der Waals surface area contributed by atoms with Gasteiger partial charge in [0.15, 0.2) is 0 Å². The van der Waals surface area contributed by atoms with Crippen LogP contribution in [0.15, 0.2) is 48.5 Å². The maximum Gasteiger partial charge on any atom is 0.132 e. The molecule has 4 heteroatoms. The molecular formula is C17H17ClN2O. The smallest absolute Gasteiger partial charge is 0.132 e. The van der Waals surface area contributed by atoms with E-state index in [9.17, 15) is 0 Å². The highest BCUT2D eigenvalue weighted by atomic mass is 35.5. The van der Waals surface area contributed by atoms with Crippen LogP contribution >= 0.6 is 11.6 Å². The molecule has 1 atom stereocenters. The van der Waals surface area contributed by atoms with Crippen LogP contribution in [0.2, 0.25) is 0 Å². The van der Waals surface area contributed by atoms with E-state index < -0.39 is 0 Å². The number of hydrogen-bond acceptors (Lipinski definition) is 2. The van der Waals surface area contributed by atoms with Crippen molar-refractivity contribution < 1.29 is 4.74 Å². The molecule has 0 saturated carbocycles. The van der Waals surface area contributed by atoms with Crippen LogP contribution in [0.1, 0.15) is 23.7 Å². The van der Waals surface area contributed by atoms with Crippen molar-refractivity contribution in [2.45, 2.75) is 18.9 Å². The average molecular weight is 301 g/mol. The standard InChI is InChI=1S/C17H17ClN2O/c1-12(18)17-19-14-8-4-6-10-16(14)20(17)15-9-5-3-7-13(15)11-21-2/h3-10,12H,11H2,1-2H3. The minimum absolute atomic E-state index is 0.173. The summed E-state index contributed by atoms with van der Waals surface area (Å²) in [5, 5.41) is -0.173. The Morgan fingerprint density at radius 1 is 1.14 bits per heavy atom. The van der Waals surface area contributed by atoms with E-state index in [1.165, 1.54) is 0 Å². The van der Waals surface area contributed by atoms with Crippen molar-refractivity contribution in [3.8, 4) is 5.69 Å². The van der Waals surface area contributed by atoms with Crippen molar-refractivity contribution in [3.63, 3.8) is 0 Å². The Morgan fingerprint density at radius 3 is 2.62 bits per heavy atom. The second-order valence-corrected chi connectivity index (χ2v) is 5.63. The van der Waals surface area contributed by atoms with Gasteiger partial charge in [0, 0.05) is 12.7 Å². The summed E-state index contributed by atoms with van der Waals surface area (Å²) < 4.78 is 7.44. The minimum atomic E-state index is -0.173. The van der Waals surface area contributed by atoms with Crippen LogP contribution < -0.4 is 0 Å². The van der Waals surface area contributed by atoms with Gasteiger partial charge in [0.25, 0.3) is 0 Å². The first-order valence-corrected chi connectivity index (χ1v) is 7.34. The van der Waals surface area contributed by atoms with Gasteiger partial charge in [-0.15, -0.1) is 11.6 Å². The quantitative estimate of drug-likeness (QED) is 0.665. The van der Waals surface area contributed by atoms with Crippen molar-refractivity contribution >= 4 is 22.6 Å². The van der Waals surface area contributed by atoms with Crippen molar-refractivity contribution in [1.82, 2.24) is 9.55 Å². The van der Waals surface area contributed by atoms with E-state index in [2.05, 4.69) is 27.8 Å². The van der Waals surface area contributed by atoms with Crippen LogP contribution in [0.4, 0.5) is 0 Å². The first kappa shape index (κ1) is 14.1. The van der Waals surface area contributed by atoms with Gasteiger partial charge in [0.05, 0.1) is 28.7 Å². The molecule has 0 N–H and O–H groups in total. The molecule has 21 heavy (non-hydrogen) atoms. The van der Waals surface area contributed by atoms with Crippen LogP contribution in [0, 0.1) is 0 Å². The Bertz CT molecular complexity index is 764. The number of rotatable bonds is 4. The second-order valence-electron chi connectivity index (χ2n) is 4.97. The summed E-state index contributed by atoms with van der Waals surface area (Å²) >= 11 is 6.34. The molecule has 0 bridgehead atoms. The average Bonchev–Trinajstić information content (AvgIpc) is 2.88. The molecule has 3 rings (SSSR count). The summed E-state index contributed by atoms with van der Waals surface area (Å²) in [6.45, 7) is 2.50. The zero-order chi connectivity index (χ0) is 14.8. The molecule has 0 fully saturated rings. The maximum atomic E-state index is 6.34. The third kappa shape index (κ3) is 2.55. The van der Waals surface area contributed by atoms with E-state index in [1.807, 2.05) is 37.3 Å². The number of para-hydroxylation sites is 3. The van der Waals surface area contributed by atoms with Crippen LogP contribution in [0.3, 0.4) is 0 Å². The van der Waals surface area contributed by atoms with Gasteiger partial charge in [-0.1, -0.05) is 30.3 Å². The molecule has 1 aromatic heterocycles. The largest absolute Gasteiger partial charge is 0.380 e. The van der Waals surface area contributed by atoms with E-state index in [0.29, 0.717) is 6.61 Å². The first-order valence-electron chi connectivity index (χ1n) is 6.91. The number of nitrogens with zero attached hydrogens (tertiary/aromatic N) is 2. The first-order chi connectivity index (χ1) is 10.2. The number of aromatic nitrogens is 2. The van der Waals surface area contributed by atoms with Gasteiger partial charge in [0.2, 0.25) is 0 Å². The summed E-state index contributed by atoms with van der Waals surface area (Å²) in [6, 6.07) is 16.3. The minimum Gasteiger partial charge on any atom is -0.380 e. The second kappa shape index (κ2) is 5.88. The summed E-state index contributed by atoms with van der Waals surface area (Å²) in [5.74, 6) is 0.849. The molecule has 3 aromatic rings. The zero-order valence-corrected chi connectivity index (χ0v) is 12.8. The molecule has 0 aliphatic rings. The number of halogens is 1. The highest BCUT2D eigenvalue weighted by Gasteiger charge is 2.17. The number of ether oxygens (including phenoxy) is 1. The number of fused-ring (bicyclic) bond motifs is 1. The lowest BCUT2D eigenvalue weighted by Crippen LogP contribution is -2.05. The Hall–Kier alpha value is -1.84. The van der Waals surface area contributed by atoms with Gasteiger partial charge in [-0.3, -0.25) is 4.57 Å². The molecular weight excluding hydrogens is 284 g/mol. The van der Waals surface area contributed by atoms with Gasteiger partial charge in [0.1, 0.15) is 5.82 Å². The number of hydrogen-bond donors (Lipinski definition) is 0. The summed E-state index contributed by atoms with van der Waals surface area (Å²) in [7, 11) is 1.70. The van der Waals surface area contributed by atoms with Gasteiger partial charge in [-0.25, -0.2) is 4.98 Å². The zero-order valence-electron chi connectivity index (χ0n) is 12.1. The van der Waals surface area contributed by atoms with E-state index in [0.717, 1.165) is 28.1 Å². The number of benzene rings is 2. The number of imidazole rings is 1. The Morgan fingerprint density at radius 2 is 1.86 bits per heavy atom. The topological polar surface area (TPSA) is 27.1 Å². The summed E-state index contributed by atoms with van der Waals surface area (Å²) in [5.41, 5.74) is 4.19. The maximum absolute atomic E-state index is 6.34. The normalized spacial score (nSPS) is 12.7. The van der Waals surface area contributed by atoms with E-state index in [1.54, 1.807) is 7.11 Å². The van der Waals surface area contributed by atoms with E-state index in [4.69, 9.17) is 16.3 Å². The molecule has 0 radical (unpaired) electrons. The third-order valence-electron chi connectivity index (χ3n) is 3.47. The van der Waals surface area contributed by atoms with Crippen LogP contribution in [0.25, 0.3) is 16.7 Å².